The quantitative estimate of drug-likeness (QED) is 0.0354. The molecule has 28 nitrogen and oxygen atoms in total. The number of aliphatic imine (C=N–C) groups is 2. The van der Waals surface area contributed by atoms with Gasteiger partial charge in [-0.15, -0.1) is 0 Å². The lowest BCUT2D eigenvalue weighted by Crippen LogP contribution is -2.46. The molecule has 10 rings (SSSR count). The van der Waals surface area contributed by atoms with Gasteiger partial charge in [0.25, 0.3) is 11.6 Å². The predicted octanol–water partition coefficient (Wildman–Crippen LogP) is 10.6. The van der Waals surface area contributed by atoms with Gasteiger partial charge in [0, 0.05) is 122 Å². The molecule has 18 atom stereocenters. The first kappa shape index (κ1) is 79.9. The summed E-state index contributed by atoms with van der Waals surface area (Å²) in [6, 6.07) is 0. The number of carbonyl (C=O) groups excluding carboxylic acids is 4. The van der Waals surface area contributed by atoms with Gasteiger partial charge in [0.1, 0.15) is 58.1 Å². The summed E-state index contributed by atoms with van der Waals surface area (Å²) >= 11 is 0. The predicted molar refractivity (Wildman–Crippen MR) is 385 cm³/mol. The number of phenolic OH excluding ortho intramolecular Hbond substituents is 6. The number of methoxy groups -OCH3 is 2. The topological polar surface area (TPSA) is 434 Å². The molecule has 12 N–H and O–H groups in total. The van der Waals surface area contributed by atoms with E-state index < -0.39 is 233 Å². The van der Waals surface area contributed by atoms with Crippen LogP contribution in [-0.4, -0.2) is 184 Å². The SMILES string of the molecule is CO[C@H]1/C=C/O[C@@]2(C)Oc3c(C)c(O)c4c(O)c(c(/C=N\N=C/c5c6c(O)c7c(O)c(C)c8c(c7c5O)C(=O)[C@@](C)(O/C=C/[C@H](OC)[C@@H](C)[C@@H](OC(C)=O)[C@H](C)[C@H](O)[C@H](C)[C@@H](O)[C@@H](C)/C=C/C=C(/C)C(O)=N6)O8)c(O)c4c3C2=O)N=C(O)/C(C)=C\C=C\[C@H](C)[C@H](O)[C@@H](C)[C@@H](O)[C@@H](C)[C@H](OC(C)=O)[C@@H]1C. The summed E-state index contributed by atoms with van der Waals surface area (Å²) in [4.78, 5) is 63.8. The number of fused-ring (bicyclic) bond motifs is 26. The Morgan fingerprint density at radius 1 is 0.481 bits per heavy atom. The van der Waals surface area contributed by atoms with E-state index in [0.717, 1.165) is 25.0 Å². The van der Waals surface area contributed by atoms with Gasteiger partial charge >= 0.3 is 23.5 Å². The van der Waals surface area contributed by atoms with Crippen molar-refractivity contribution in [1.82, 2.24) is 0 Å². The molecule has 10 bridgehead atoms. The fourth-order valence-corrected chi connectivity index (χ4v) is 13.8. The molecule has 0 aromatic heterocycles. The molecule has 6 aliphatic heterocycles. The Hall–Kier alpha value is -9.84. The van der Waals surface area contributed by atoms with Crippen LogP contribution in [0, 0.1) is 61.2 Å². The van der Waals surface area contributed by atoms with Crippen molar-refractivity contribution >= 4 is 80.6 Å². The number of Topliss-reactive ketones (excluding diaryl/α,β-unsaturated/α-hetero) is 2. The average molecular weight is 1450 g/mol. The van der Waals surface area contributed by atoms with Crippen LogP contribution in [0.25, 0.3) is 21.5 Å². The minimum Gasteiger partial charge on any atom is -0.507 e. The number of aromatic hydroxyl groups is 6. The Kier molecular flexibility index (Phi) is 24.3. The summed E-state index contributed by atoms with van der Waals surface area (Å²) in [5.41, 5.74) is -3.62. The van der Waals surface area contributed by atoms with Gasteiger partial charge in [-0.2, -0.15) is 10.2 Å². The Balaban J connectivity index is 1.35. The van der Waals surface area contributed by atoms with E-state index in [1.54, 1.807) is 67.5 Å². The highest BCUT2D eigenvalue weighted by molar-refractivity contribution is 6.24. The van der Waals surface area contributed by atoms with Crippen LogP contribution in [-0.2, 0) is 38.0 Å². The zero-order valence-corrected chi connectivity index (χ0v) is 61.2. The molecule has 0 amide bonds. The maximum atomic E-state index is 15.0. The lowest BCUT2D eigenvalue weighted by atomic mass is 9.78. The normalized spacial score (nSPS) is 32.8. The molecule has 6 aliphatic rings. The van der Waals surface area contributed by atoms with E-state index in [0.29, 0.717) is 0 Å². The molecule has 562 valence electrons. The third-order valence-corrected chi connectivity index (χ3v) is 20.4. The molecule has 0 radical (unpaired) electrons. The van der Waals surface area contributed by atoms with Crippen molar-refractivity contribution in [2.45, 2.75) is 171 Å². The zero-order chi connectivity index (χ0) is 77.4. The molecule has 0 spiro atoms. The molecule has 0 fully saturated rings. The Bertz CT molecular complexity index is 4100. The number of aliphatic hydroxyl groups is 6. The highest BCUT2D eigenvalue weighted by atomic mass is 16.7. The van der Waals surface area contributed by atoms with Crippen LogP contribution < -0.4 is 9.47 Å². The summed E-state index contributed by atoms with van der Waals surface area (Å²) in [7, 11) is 2.74. The minimum atomic E-state index is -2.28. The summed E-state index contributed by atoms with van der Waals surface area (Å²) in [6.45, 7) is 23.8. The third-order valence-electron chi connectivity index (χ3n) is 20.4. The molecule has 0 saturated carbocycles. The number of hydrogen-bond acceptors (Lipinski definition) is 26. The first-order valence-corrected chi connectivity index (χ1v) is 33.9. The van der Waals surface area contributed by atoms with E-state index in [1.807, 2.05) is 0 Å². The number of hydrogen-bond donors (Lipinski definition) is 12. The monoisotopic (exact) mass is 1450 g/mol. The van der Waals surface area contributed by atoms with Gasteiger partial charge in [-0.1, -0.05) is 91.8 Å². The van der Waals surface area contributed by atoms with Crippen LogP contribution in [0.3, 0.4) is 0 Å². The standard InChI is InChI=1S/C76H94N4O24/c1-31-21-19-23-33(3)73(95)79-55-45(63(89)49-51(65(55)91)61(87)41(11)69-53(49)71(93)75(15,103-69)99-27-25-47(97-17)35(5)67(101-43(13)81)39(9)59(85)37(7)57(31)83)29-77-78-30-46-56-66(92)52-50(64(46)90)54-70(42(12)62(52)88)104-76(16,72(54)94)100-28-26-48(98-18)36(6)68(102-44(14)82)40(10)60(86)38(8)58(84)32(2)22-20-24-34(4)74(96)80-56/h19-32,35-40,47-48,57-60,67-68,83-92H,1-18H3,(H,79,95)(H,80,96)/b21-19+,22-20+,27-25+,28-26+,33-23-,34-24-,77-29-,78-30-/t31-,32-,35+,36+,37+,38+,39+,40+,47-,48-,57-,58-,59+,60+,67+,68+,75-,76-/m0/s1. The van der Waals surface area contributed by atoms with Crippen molar-refractivity contribution in [3.63, 3.8) is 0 Å². The molecule has 0 unspecified atom stereocenters. The molecule has 28 heteroatoms. The smallest absolute Gasteiger partial charge is 0.312 e. The van der Waals surface area contributed by atoms with Gasteiger partial charge in [0.05, 0.1) is 94.6 Å². The van der Waals surface area contributed by atoms with Crippen LogP contribution in [0.2, 0.25) is 0 Å². The van der Waals surface area contributed by atoms with E-state index in [9.17, 15) is 80.5 Å². The maximum absolute atomic E-state index is 15.0. The van der Waals surface area contributed by atoms with E-state index in [1.165, 1.54) is 106 Å². The molecule has 4 aromatic carbocycles. The lowest BCUT2D eigenvalue weighted by Gasteiger charge is -2.38. The Morgan fingerprint density at radius 2 is 0.817 bits per heavy atom. The molecule has 0 saturated heterocycles. The van der Waals surface area contributed by atoms with Crippen molar-refractivity contribution < 1.29 is 118 Å². The van der Waals surface area contributed by atoms with Crippen LogP contribution in [0.5, 0.6) is 46.0 Å². The van der Waals surface area contributed by atoms with Gasteiger partial charge in [-0.3, -0.25) is 19.2 Å². The molecule has 104 heavy (non-hydrogen) atoms. The van der Waals surface area contributed by atoms with E-state index in [4.69, 9.17) is 37.9 Å². The summed E-state index contributed by atoms with van der Waals surface area (Å²) < 4.78 is 47.7. The number of ketones is 2. The second-order valence-corrected chi connectivity index (χ2v) is 27.6. The van der Waals surface area contributed by atoms with E-state index >= 15 is 0 Å². The zero-order valence-electron chi connectivity index (χ0n) is 61.2. The number of esters is 2. The van der Waals surface area contributed by atoms with Gasteiger partial charge in [-0.25, -0.2) is 9.98 Å². The third kappa shape index (κ3) is 15.1. The summed E-state index contributed by atoms with van der Waals surface area (Å²) in [5, 5.41) is 151. The van der Waals surface area contributed by atoms with Crippen LogP contribution in [0.4, 0.5) is 11.4 Å². The molecular formula is C76H94N4O24. The Labute approximate surface area is 601 Å². The summed E-state index contributed by atoms with van der Waals surface area (Å²) in [6.07, 6.45) is 6.73. The number of rotatable bonds is 7. The van der Waals surface area contributed by atoms with Gasteiger partial charge in [0.2, 0.25) is 11.8 Å². The number of carbonyl (C=O) groups is 4. The van der Waals surface area contributed by atoms with E-state index in [2.05, 4.69) is 20.2 Å². The fourth-order valence-electron chi connectivity index (χ4n) is 13.8. The number of ether oxygens (including phenoxy) is 8. The first-order valence-electron chi connectivity index (χ1n) is 33.9. The van der Waals surface area contributed by atoms with Gasteiger partial charge < -0.3 is 99.2 Å². The van der Waals surface area contributed by atoms with Crippen molar-refractivity contribution in [3.05, 3.63) is 106 Å². The molecule has 6 heterocycles. The number of nitrogens with zero attached hydrogens (tertiary/aromatic N) is 4. The highest BCUT2D eigenvalue weighted by Gasteiger charge is 2.52. The summed E-state index contributed by atoms with van der Waals surface area (Å²) in [5.74, 6) is -21.2. The number of benzene rings is 4. The van der Waals surface area contributed by atoms with Crippen molar-refractivity contribution in [2.24, 2.45) is 67.5 Å². The fraction of sp³-hybridized carbons (Fsp3) is 0.474. The number of phenols is 6. The number of aliphatic hydroxyl groups excluding tert-OH is 6. The molecular weight excluding hydrogens is 1350 g/mol. The van der Waals surface area contributed by atoms with Crippen molar-refractivity contribution in [1.29, 1.82) is 0 Å². The van der Waals surface area contributed by atoms with Crippen LogP contribution in [0.1, 0.15) is 140 Å². The molecule has 0 aliphatic carbocycles. The maximum Gasteiger partial charge on any atom is 0.312 e. The van der Waals surface area contributed by atoms with Crippen molar-refractivity contribution in [2.75, 3.05) is 14.2 Å². The minimum absolute atomic E-state index is 0.0158. The first-order chi connectivity index (χ1) is 48.7. The van der Waals surface area contributed by atoms with E-state index in [-0.39, 0.29) is 33.8 Å². The highest BCUT2D eigenvalue weighted by Crippen LogP contribution is 2.58. The average Bonchev–Trinajstić information content (AvgIpc) is 1.49. The van der Waals surface area contributed by atoms with Crippen molar-refractivity contribution in [3.8, 4) is 46.0 Å². The lowest BCUT2D eigenvalue weighted by molar-refractivity contribution is -0.161. The van der Waals surface area contributed by atoms with Gasteiger partial charge in [0.15, 0.2) is 11.5 Å². The largest absolute Gasteiger partial charge is 0.507 e. The molecule has 4 aromatic rings. The van der Waals surface area contributed by atoms with Gasteiger partial charge in [-0.05, 0) is 39.8 Å². The number of allylic oxidation sites excluding steroid dienone is 4. The van der Waals surface area contributed by atoms with Crippen LogP contribution in [0.15, 0.2) is 92.5 Å². The Morgan fingerprint density at radius 3 is 1.13 bits per heavy atom. The second-order valence-electron chi connectivity index (χ2n) is 27.6. The second kappa shape index (κ2) is 31.6. The van der Waals surface area contributed by atoms with Crippen LogP contribution >= 0.6 is 0 Å².